The lowest BCUT2D eigenvalue weighted by Gasteiger charge is -2.31. The van der Waals surface area contributed by atoms with Crippen LogP contribution >= 0.6 is 0 Å². The summed E-state index contributed by atoms with van der Waals surface area (Å²) in [4.78, 5) is 40.2. The summed E-state index contributed by atoms with van der Waals surface area (Å²) in [7, 11) is 0. The predicted octanol–water partition coefficient (Wildman–Crippen LogP) is 5.68. The third-order valence-corrected chi connectivity index (χ3v) is 8.36. The average Bonchev–Trinajstić information content (AvgIpc) is 3.51. The van der Waals surface area contributed by atoms with Crippen molar-refractivity contribution in [2.75, 3.05) is 13.2 Å². The normalized spacial score (nSPS) is 22.2. The number of rotatable bonds is 17. The first kappa shape index (κ1) is 30.1. The Bertz CT molecular complexity index is 876. The van der Waals surface area contributed by atoms with Crippen molar-refractivity contribution in [1.82, 2.24) is 10.2 Å². The molecule has 1 saturated carbocycles. The van der Waals surface area contributed by atoms with E-state index in [4.69, 9.17) is 4.74 Å². The van der Waals surface area contributed by atoms with Crippen molar-refractivity contribution in [1.29, 1.82) is 0 Å². The van der Waals surface area contributed by atoms with Gasteiger partial charge < -0.3 is 20.1 Å². The number of carboxylic acids is 1. The molecule has 0 bridgehead atoms. The number of amides is 1. The molecule has 1 saturated heterocycles. The van der Waals surface area contributed by atoms with Gasteiger partial charge in [0.2, 0.25) is 5.91 Å². The van der Waals surface area contributed by atoms with Crippen LogP contribution in [0.2, 0.25) is 0 Å². The van der Waals surface area contributed by atoms with Gasteiger partial charge in [0.15, 0.2) is 0 Å². The molecular weight excluding hydrogens is 480 g/mol. The molecule has 7 heteroatoms. The van der Waals surface area contributed by atoms with E-state index < -0.39 is 24.0 Å². The molecule has 0 spiro atoms. The predicted molar refractivity (Wildman–Crippen MR) is 149 cm³/mol. The van der Waals surface area contributed by atoms with Crippen LogP contribution < -0.4 is 5.32 Å². The fraction of sp³-hybridized carbons (Fsp3) is 0.710. The number of carbonyl (C=O) groups is 3. The van der Waals surface area contributed by atoms with Gasteiger partial charge in [-0.25, -0.2) is 4.79 Å². The van der Waals surface area contributed by atoms with Crippen LogP contribution in [0.15, 0.2) is 30.3 Å². The highest BCUT2D eigenvalue weighted by Gasteiger charge is 2.49. The number of carboxylic acid groups (broad SMARTS) is 1. The molecule has 1 aliphatic heterocycles. The maximum atomic E-state index is 13.5. The van der Waals surface area contributed by atoms with Gasteiger partial charge in [0.25, 0.3) is 0 Å². The van der Waals surface area contributed by atoms with E-state index in [0.29, 0.717) is 31.9 Å². The Morgan fingerprint density at radius 1 is 1.03 bits per heavy atom. The van der Waals surface area contributed by atoms with Crippen molar-refractivity contribution in [3.63, 3.8) is 0 Å². The number of benzene rings is 1. The van der Waals surface area contributed by atoms with E-state index in [9.17, 15) is 19.5 Å². The summed E-state index contributed by atoms with van der Waals surface area (Å²) in [5.41, 5.74) is 0.758. The molecule has 0 aromatic heterocycles. The Balaban J connectivity index is 1.47. The van der Waals surface area contributed by atoms with Crippen LogP contribution in [0, 0.1) is 5.92 Å². The standard InChI is InChI=1S/C31H48N2O5/c1-3-4-5-6-7-8-9-13-21-38-31(37)28-22-25-17-14-18-27(25)33(28)29(34)23(2)32-20-19-26(30(35)36)24-15-11-10-12-16-24/h10-12,15-16,23,25-28,32H,3-9,13-14,17-22H2,1-2H3,(H,35,36)/t23-,25-,26?,27-,28-/m0/s1. The minimum absolute atomic E-state index is 0.0833. The number of carbonyl (C=O) groups excluding carboxylic acids is 2. The largest absolute Gasteiger partial charge is 0.481 e. The third kappa shape index (κ3) is 8.55. The quantitative estimate of drug-likeness (QED) is 0.200. The summed E-state index contributed by atoms with van der Waals surface area (Å²) in [6.07, 6.45) is 13.6. The second-order valence-corrected chi connectivity index (χ2v) is 11.2. The molecule has 1 aliphatic carbocycles. The van der Waals surface area contributed by atoms with Gasteiger partial charge in [-0.05, 0) is 57.1 Å². The molecule has 3 rings (SSSR count). The average molecular weight is 529 g/mol. The molecule has 5 atom stereocenters. The van der Waals surface area contributed by atoms with Crippen molar-refractivity contribution in [2.24, 2.45) is 5.92 Å². The number of ether oxygens (including phenoxy) is 1. The zero-order chi connectivity index (χ0) is 27.3. The summed E-state index contributed by atoms with van der Waals surface area (Å²) in [6.45, 7) is 4.85. The van der Waals surface area contributed by atoms with E-state index in [-0.39, 0.29) is 17.9 Å². The number of unbranched alkanes of at least 4 members (excludes halogenated alkanes) is 7. The van der Waals surface area contributed by atoms with Gasteiger partial charge in [0.1, 0.15) is 6.04 Å². The maximum absolute atomic E-state index is 13.5. The Kier molecular flexibility index (Phi) is 12.6. The number of hydrogen-bond donors (Lipinski definition) is 2. The van der Waals surface area contributed by atoms with E-state index in [0.717, 1.165) is 37.7 Å². The monoisotopic (exact) mass is 528 g/mol. The van der Waals surface area contributed by atoms with Crippen LogP contribution in [0.3, 0.4) is 0 Å². The van der Waals surface area contributed by atoms with E-state index in [1.807, 2.05) is 37.3 Å². The van der Waals surface area contributed by atoms with E-state index >= 15 is 0 Å². The molecule has 212 valence electrons. The van der Waals surface area contributed by atoms with Crippen LogP contribution in [0.4, 0.5) is 0 Å². The molecule has 2 N–H and O–H groups in total. The second kappa shape index (κ2) is 15.9. The molecule has 38 heavy (non-hydrogen) atoms. The Morgan fingerprint density at radius 3 is 2.39 bits per heavy atom. The van der Waals surface area contributed by atoms with Gasteiger partial charge in [-0.1, -0.05) is 88.6 Å². The van der Waals surface area contributed by atoms with Gasteiger partial charge in [0, 0.05) is 6.04 Å². The Hall–Kier alpha value is -2.41. The number of hydrogen-bond acceptors (Lipinski definition) is 5. The fourth-order valence-corrected chi connectivity index (χ4v) is 6.19. The lowest BCUT2D eigenvalue weighted by molar-refractivity contribution is -0.155. The number of esters is 1. The molecule has 7 nitrogen and oxygen atoms in total. The first-order valence-corrected chi connectivity index (χ1v) is 14.9. The van der Waals surface area contributed by atoms with Crippen LogP contribution in [-0.4, -0.2) is 59.1 Å². The summed E-state index contributed by atoms with van der Waals surface area (Å²) in [5.74, 6) is -1.49. The summed E-state index contributed by atoms with van der Waals surface area (Å²) in [5, 5.41) is 12.9. The summed E-state index contributed by atoms with van der Waals surface area (Å²) < 4.78 is 5.67. The smallest absolute Gasteiger partial charge is 0.328 e. The highest BCUT2D eigenvalue weighted by Crippen LogP contribution is 2.42. The molecule has 1 heterocycles. The zero-order valence-electron chi connectivity index (χ0n) is 23.4. The van der Waals surface area contributed by atoms with Crippen molar-refractivity contribution in [3.8, 4) is 0 Å². The summed E-state index contributed by atoms with van der Waals surface area (Å²) >= 11 is 0. The lowest BCUT2D eigenvalue weighted by atomic mass is 9.96. The van der Waals surface area contributed by atoms with E-state index in [2.05, 4.69) is 12.2 Å². The minimum Gasteiger partial charge on any atom is -0.481 e. The van der Waals surface area contributed by atoms with E-state index in [1.165, 1.54) is 38.5 Å². The maximum Gasteiger partial charge on any atom is 0.328 e. The van der Waals surface area contributed by atoms with Crippen molar-refractivity contribution >= 4 is 17.8 Å². The Morgan fingerprint density at radius 2 is 1.71 bits per heavy atom. The number of nitrogens with one attached hydrogen (secondary N) is 1. The molecule has 2 aliphatic rings. The highest BCUT2D eigenvalue weighted by atomic mass is 16.5. The van der Waals surface area contributed by atoms with Gasteiger partial charge >= 0.3 is 11.9 Å². The first-order valence-electron chi connectivity index (χ1n) is 14.9. The minimum atomic E-state index is -0.871. The van der Waals surface area contributed by atoms with Gasteiger partial charge in [-0.2, -0.15) is 0 Å². The number of fused-ring (bicyclic) bond motifs is 1. The molecule has 1 amide bonds. The van der Waals surface area contributed by atoms with Crippen LogP contribution in [-0.2, 0) is 19.1 Å². The van der Waals surface area contributed by atoms with Crippen molar-refractivity contribution < 1.29 is 24.2 Å². The molecule has 2 fully saturated rings. The van der Waals surface area contributed by atoms with Crippen LogP contribution in [0.25, 0.3) is 0 Å². The Labute approximate surface area is 228 Å². The molecule has 0 radical (unpaired) electrons. The first-order chi connectivity index (χ1) is 18.4. The van der Waals surface area contributed by atoms with Crippen LogP contribution in [0.5, 0.6) is 0 Å². The topological polar surface area (TPSA) is 95.9 Å². The molecule has 1 aromatic rings. The van der Waals surface area contributed by atoms with Crippen LogP contribution in [0.1, 0.15) is 109 Å². The third-order valence-electron chi connectivity index (χ3n) is 8.36. The van der Waals surface area contributed by atoms with Gasteiger partial charge in [-0.3, -0.25) is 9.59 Å². The molecule has 1 unspecified atom stereocenters. The lowest BCUT2D eigenvalue weighted by Crippen LogP contribution is -2.52. The zero-order valence-corrected chi connectivity index (χ0v) is 23.4. The molecule has 1 aromatic carbocycles. The highest BCUT2D eigenvalue weighted by molar-refractivity contribution is 5.88. The molecular formula is C31H48N2O5. The van der Waals surface area contributed by atoms with E-state index in [1.54, 1.807) is 4.90 Å². The summed E-state index contributed by atoms with van der Waals surface area (Å²) in [6, 6.07) is 8.28. The number of nitrogens with zero attached hydrogens (tertiary/aromatic N) is 1. The van der Waals surface area contributed by atoms with Gasteiger partial charge in [-0.15, -0.1) is 0 Å². The van der Waals surface area contributed by atoms with Gasteiger partial charge in [0.05, 0.1) is 18.6 Å². The SMILES string of the molecule is CCCCCCCCCCOC(=O)[C@@H]1C[C@@H]2CCC[C@@H]2N1C(=O)[C@H](C)NCCC(C(=O)O)c1ccccc1. The fourth-order valence-electron chi connectivity index (χ4n) is 6.19. The van der Waals surface area contributed by atoms with Crippen molar-refractivity contribution in [3.05, 3.63) is 35.9 Å². The second-order valence-electron chi connectivity index (χ2n) is 11.2. The van der Waals surface area contributed by atoms with Crippen molar-refractivity contribution in [2.45, 2.75) is 121 Å². The number of aliphatic carboxylic acids is 1. The number of likely N-dealkylation sites (tertiary alicyclic amines) is 1.